The average Bonchev–Trinajstić information content (AvgIpc) is 3.49. The van der Waals surface area contributed by atoms with Gasteiger partial charge in [-0.1, -0.05) is 45.3 Å². The van der Waals surface area contributed by atoms with E-state index in [9.17, 15) is 19.8 Å². The van der Waals surface area contributed by atoms with Crippen molar-refractivity contribution in [1.82, 2.24) is 9.80 Å². The normalized spacial score (nSPS) is 23.4. The Morgan fingerprint density at radius 1 is 0.806 bits per heavy atom. The van der Waals surface area contributed by atoms with E-state index in [1.807, 2.05) is 40.7 Å². The Morgan fingerprint density at radius 2 is 1.39 bits per heavy atom. The summed E-state index contributed by atoms with van der Waals surface area (Å²) < 4.78 is 0. The Kier molecular flexibility index (Phi) is 12.4. The van der Waals surface area contributed by atoms with E-state index in [4.69, 9.17) is 0 Å². The molecule has 0 unspecified atom stereocenters. The van der Waals surface area contributed by atoms with Crippen LogP contribution in [0.5, 0.6) is 0 Å². The maximum Gasteiger partial charge on any atom is 0.229 e. The predicted octanol–water partition coefficient (Wildman–Crippen LogP) is 3.47. The Labute approximate surface area is 189 Å². The van der Waals surface area contributed by atoms with Gasteiger partial charge in [0.2, 0.25) is 11.8 Å². The molecule has 0 radical (unpaired) electrons. The summed E-state index contributed by atoms with van der Waals surface area (Å²) in [5, 5.41) is 21.1. The molecule has 1 aliphatic carbocycles. The molecule has 6 nitrogen and oxygen atoms in total. The molecular weight excluding hydrogens is 392 g/mol. The van der Waals surface area contributed by atoms with Crippen LogP contribution < -0.4 is 0 Å². The molecule has 0 aliphatic heterocycles. The van der Waals surface area contributed by atoms with Gasteiger partial charge in [-0.15, -0.1) is 0 Å². The van der Waals surface area contributed by atoms with Gasteiger partial charge in [0.15, 0.2) is 0 Å². The number of aliphatic hydroxyl groups excluding tert-OH is 2. The molecule has 1 fully saturated rings. The lowest BCUT2D eigenvalue weighted by Gasteiger charge is -2.25. The second kappa shape index (κ2) is 13.9. The van der Waals surface area contributed by atoms with Gasteiger partial charge >= 0.3 is 0 Å². The van der Waals surface area contributed by atoms with Crippen LogP contribution in [-0.2, 0) is 9.59 Å². The summed E-state index contributed by atoms with van der Waals surface area (Å²) in [4.78, 5) is 30.2. The molecule has 6 atom stereocenters. The van der Waals surface area contributed by atoms with Gasteiger partial charge < -0.3 is 20.0 Å². The Balaban J connectivity index is 3.25. The number of rotatable bonds is 15. The van der Waals surface area contributed by atoms with Crippen LogP contribution in [-0.4, -0.2) is 70.2 Å². The summed E-state index contributed by atoms with van der Waals surface area (Å²) in [5.41, 5.74) is 0. The number of nitrogens with zero attached hydrogens (tertiary/aromatic N) is 2. The number of hydrogen-bond acceptors (Lipinski definition) is 4. The van der Waals surface area contributed by atoms with Gasteiger partial charge in [-0.05, 0) is 46.5 Å². The van der Waals surface area contributed by atoms with Crippen molar-refractivity contribution in [3.05, 3.63) is 12.2 Å². The lowest BCUT2D eigenvalue weighted by molar-refractivity contribution is -0.135. The fourth-order valence-electron chi connectivity index (χ4n) is 4.76. The van der Waals surface area contributed by atoms with Crippen molar-refractivity contribution in [2.24, 2.45) is 23.7 Å². The van der Waals surface area contributed by atoms with Gasteiger partial charge in [0.1, 0.15) is 0 Å². The lowest BCUT2D eigenvalue weighted by atomic mass is 9.95. The summed E-state index contributed by atoms with van der Waals surface area (Å²) in [7, 11) is 0. The van der Waals surface area contributed by atoms with E-state index in [0.29, 0.717) is 39.0 Å². The molecule has 2 N–H and O–H groups in total. The number of hydrogen-bond donors (Lipinski definition) is 2. The molecule has 2 amide bonds. The third kappa shape index (κ3) is 7.31. The third-order valence-electron chi connectivity index (χ3n) is 6.69. The zero-order chi connectivity index (χ0) is 23.6. The third-order valence-corrected chi connectivity index (χ3v) is 6.69. The second-order valence-electron chi connectivity index (χ2n) is 8.68. The van der Waals surface area contributed by atoms with E-state index in [2.05, 4.69) is 6.92 Å². The van der Waals surface area contributed by atoms with Crippen molar-refractivity contribution in [3.8, 4) is 0 Å². The average molecular weight is 439 g/mol. The van der Waals surface area contributed by atoms with Gasteiger partial charge in [-0.3, -0.25) is 9.59 Å². The molecule has 6 heteroatoms. The number of carbonyl (C=O) groups is 2. The van der Waals surface area contributed by atoms with Gasteiger partial charge in [0.05, 0.1) is 18.1 Å². The summed E-state index contributed by atoms with van der Waals surface area (Å²) >= 11 is 0. The van der Waals surface area contributed by atoms with Gasteiger partial charge in [-0.2, -0.15) is 0 Å². The Bertz CT molecular complexity index is 572. The van der Waals surface area contributed by atoms with E-state index >= 15 is 0 Å². The van der Waals surface area contributed by atoms with Crippen molar-refractivity contribution in [2.75, 3.05) is 26.2 Å². The van der Waals surface area contributed by atoms with Gasteiger partial charge in [-0.25, -0.2) is 0 Å². The highest BCUT2D eigenvalue weighted by atomic mass is 16.3. The summed E-state index contributed by atoms with van der Waals surface area (Å²) in [5.74, 6) is -1.27. The highest BCUT2D eigenvalue weighted by molar-refractivity contribution is 5.87. The van der Waals surface area contributed by atoms with Crippen LogP contribution in [0.4, 0.5) is 0 Å². The maximum absolute atomic E-state index is 13.4. The van der Waals surface area contributed by atoms with Gasteiger partial charge in [0, 0.05) is 38.0 Å². The summed E-state index contributed by atoms with van der Waals surface area (Å²) in [6.07, 6.45) is 6.38. The molecular formula is C25H46N2O4. The number of unbranched alkanes of at least 4 members (excludes halogenated alkanes) is 1. The lowest BCUT2D eigenvalue weighted by Crippen LogP contribution is -2.38. The number of carbonyl (C=O) groups excluding carboxylic acids is 2. The number of amides is 2. The van der Waals surface area contributed by atoms with Crippen LogP contribution in [0.15, 0.2) is 12.2 Å². The van der Waals surface area contributed by atoms with Crippen molar-refractivity contribution in [3.63, 3.8) is 0 Å². The topological polar surface area (TPSA) is 81.1 Å². The van der Waals surface area contributed by atoms with E-state index < -0.39 is 18.1 Å². The molecule has 0 bridgehead atoms. The Hall–Kier alpha value is -1.40. The molecule has 1 saturated carbocycles. The second-order valence-corrected chi connectivity index (χ2v) is 8.68. The maximum atomic E-state index is 13.4. The molecule has 1 aliphatic rings. The molecule has 0 heterocycles. The standard InChI is InChI=1S/C25H46N2O4/c1-7-13-15-18(28)16-17-19(24(30)26(9-3)10-4)21-22(20(29)14-8-2)23(21)25(31)27(11-5)12-6/h16-23,28-29H,7-15H2,1-6H3/t18-,19-,20+,21+,22-,23-/m1/s1. The first kappa shape index (κ1) is 27.6. The minimum Gasteiger partial charge on any atom is -0.393 e. The van der Waals surface area contributed by atoms with E-state index in [-0.39, 0.29) is 29.6 Å². The van der Waals surface area contributed by atoms with E-state index in [1.165, 1.54) is 0 Å². The first-order valence-electron chi connectivity index (χ1n) is 12.4. The molecule has 180 valence electrons. The van der Waals surface area contributed by atoms with Crippen molar-refractivity contribution >= 4 is 11.8 Å². The minimum absolute atomic E-state index is 0.0162. The van der Waals surface area contributed by atoms with E-state index in [1.54, 1.807) is 15.9 Å². The monoisotopic (exact) mass is 438 g/mol. The van der Waals surface area contributed by atoms with Crippen LogP contribution in [0.3, 0.4) is 0 Å². The van der Waals surface area contributed by atoms with Crippen LogP contribution in [0.25, 0.3) is 0 Å². The molecule has 1 rings (SSSR count). The smallest absolute Gasteiger partial charge is 0.229 e. The van der Waals surface area contributed by atoms with Crippen molar-refractivity contribution in [2.45, 2.75) is 85.9 Å². The highest BCUT2D eigenvalue weighted by Gasteiger charge is 2.62. The summed E-state index contributed by atoms with van der Waals surface area (Å²) in [6, 6.07) is 0. The highest BCUT2D eigenvalue weighted by Crippen LogP contribution is 2.55. The molecule has 0 aromatic carbocycles. The fraction of sp³-hybridized carbons (Fsp3) is 0.840. The predicted molar refractivity (Wildman–Crippen MR) is 125 cm³/mol. The van der Waals surface area contributed by atoms with Crippen molar-refractivity contribution in [1.29, 1.82) is 0 Å². The molecule has 0 saturated heterocycles. The van der Waals surface area contributed by atoms with Crippen LogP contribution >= 0.6 is 0 Å². The minimum atomic E-state index is -0.596. The molecule has 0 aromatic rings. The van der Waals surface area contributed by atoms with Crippen LogP contribution in [0, 0.1) is 23.7 Å². The Morgan fingerprint density at radius 3 is 1.87 bits per heavy atom. The largest absolute Gasteiger partial charge is 0.393 e. The molecule has 0 aromatic heterocycles. The number of aliphatic hydroxyl groups is 2. The van der Waals surface area contributed by atoms with Gasteiger partial charge in [0.25, 0.3) is 0 Å². The SMILES string of the molecule is CCCC[C@@H](O)C=C[C@@H](C(=O)N(CC)CC)[C@@H]1[C@@H](C(=O)N(CC)CC)[C@@H]1[C@@H](O)CCC. The van der Waals surface area contributed by atoms with Crippen molar-refractivity contribution < 1.29 is 19.8 Å². The first-order valence-corrected chi connectivity index (χ1v) is 12.4. The zero-order valence-electron chi connectivity index (χ0n) is 20.6. The van der Waals surface area contributed by atoms with Crippen LogP contribution in [0.2, 0.25) is 0 Å². The summed E-state index contributed by atoms with van der Waals surface area (Å²) in [6.45, 7) is 14.4. The first-order chi connectivity index (χ1) is 14.8. The molecule has 0 spiro atoms. The van der Waals surface area contributed by atoms with E-state index in [0.717, 1.165) is 19.3 Å². The fourth-order valence-corrected chi connectivity index (χ4v) is 4.76. The molecule has 31 heavy (non-hydrogen) atoms. The zero-order valence-corrected chi connectivity index (χ0v) is 20.6. The quantitative estimate of drug-likeness (QED) is 0.384. The van der Waals surface area contributed by atoms with Crippen LogP contribution in [0.1, 0.15) is 73.6 Å².